The van der Waals surface area contributed by atoms with Gasteiger partial charge in [-0.1, -0.05) is 60.5 Å². The van der Waals surface area contributed by atoms with E-state index in [1.807, 2.05) is 58.0 Å². The quantitative estimate of drug-likeness (QED) is 0.645. The van der Waals surface area contributed by atoms with Crippen LogP contribution in [0.3, 0.4) is 0 Å². The summed E-state index contributed by atoms with van der Waals surface area (Å²) >= 11 is 12.3. The topological polar surface area (TPSA) is 49.4 Å². The lowest BCUT2D eigenvalue weighted by Gasteiger charge is -2.33. The third kappa shape index (κ3) is 7.06. The van der Waals surface area contributed by atoms with Gasteiger partial charge in [0, 0.05) is 22.1 Å². The van der Waals surface area contributed by atoms with Crippen LogP contribution in [0.2, 0.25) is 10.0 Å². The lowest BCUT2D eigenvalue weighted by Crippen LogP contribution is -2.53. The van der Waals surface area contributed by atoms with Crippen molar-refractivity contribution < 1.29 is 9.59 Å². The van der Waals surface area contributed by atoms with E-state index in [4.69, 9.17) is 23.2 Å². The number of hydrogen-bond acceptors (Lipinski definition) is 2. The minimum absolute atomic E-state index is 0.136. The highest BCUT2D eigenvalue weighted by Gasteiger charge is 2.30. The van der Waals surface area contributed by atoms with Crippen molar-refractivity contribution in [2.75, 3.05) is 0 Å². The van der Waals surface area contributed by atoms with E-state index < -0.39 is 6.04 Å². The normalized spacial score (nSPS) is 12.3. The Kier molecular flexibility index (Phi) is 8.12. The first-order chi connectivity index (χ1) is 13.6. The fraction of sp³-hybridized carbons (Fsp3) is 0.391. The molecule has 0 spiro atoms. The monoisotopic (exact) mass is 434 g/mol. The summed E-state index contributed by atoms with van der Waals surface area (Å²) in [5.41, 5.74) is 1.26. The summed E-state index contributed by atoms with van der Waals surface area (Å²) in [5.74, 6) is -0.306. The zero-order valence-electron chi connectivity index (χ0n) is 17.3. The summed E-state index contributed by atoms with van der Waals surface area (Å²) in [5, 5.41) is 4.18. The van der Waals surface area contributed by atoms with E-state index in [0.29, 0.717) is 16.5 Å². The first-order valence-electron chi connectivity index (χ1n) is 9.70. The van der Waals surface area contributed by atoms with E-state index in [9.17, 15) is 9.59 Å². The van der Waals surface area contributed by atoms with Crippen molar-refractivity contribution in [1.82, 2.24) is 10.2 Å². The summed E-state index contributed by atoms with van der Waals surface area (Å²) in [6, 6.07) is 13.9. The second kappa shape index (κ2) is 10.1. The van der Waals surface area contributed by atoms with Crippen LogP contribution >= 0.6 is 23.2 Å². The Morgan fingerprint density at radius 3 is 2.21 bits per heavy atom. The van der Waals surface area contributed by atoms with Crippen LogP contribution in [-0.4, -0.2) is 28.3 Å². The molecule has 2 rings (SSSR count). The Morgan fingerprint density at radius 1 is 1.03 bits per heavy atom. The van der Waals surface area contributed by atoms with E-state index in [2.05, 4.69) is 5.32 Å². The maximum atomic E-state index is 13.3. The predicted octanol–water partition coefficient (Wildman–Crippen LogP) is 5.26. The van der Waals surface area contributed by atoms with Gasteiger partial charge in [-0.2, -0.15) is 0 Å². The molecule has 0 aromatic heterocycles. The molecular weight excluding hydrogens is 407 g/mol. The highest BCUT2D eigenvalue weighted by Crippen LogP contribution is 2.21. The molecule has 0 aliphatic heterocycles. The Morgan fingerprint density at radius 2 is 1.66 bits per heavy atom. The number of rotatable bonds is 7. The van der Waals surface area contributed by atoms with E-state index in [-0.39, 0.29) is 30.3 Å². The molecule has 1 atom stereocenters. The first kappa shape index (κ1) is 23.2. The largest absolute Gasteiger partial charge is 0.350 e. The van der Waals surface area contributed by atoms with Crippen molar-refractivity contribution in [2.45, 2.75) is 58.7 Å². The van der Waals surface area contributed by atoms with Crippen LogP contribution in [0.25, 0.3) is 0 Å². The van der Waals surface area contributed by atoms with Crippen molar-refractivity contribution in [3.8, 4) is 0 Å². The predicted molar refractivity (Wildman–Crippen MR) is 119 cm³/mol. The average Bonchev–Trinajstić information content (AvgIpc) is 2.63. The molecule has 0 fully saturated rings. The molecule has 2 aromatic rings. The van der Waals surface area contributed by atoms with E-state index in [0.717, 1.165) is 11.1 Å². The average molecular weight is 435 g/mol. The minimum Gasteiger partial charge on any atom is -0.350 e. The molecule has 2 aromatic carbocycles. The molecule has 0 unspecified atom stereocenters. The third-order valence-corrected chi connectivity index (χ3v) is 5.07. The fourth-order valence-corrected chi connectivity index (χ4v) is 3.38. The van der Waals surface area contributed by atoms with E-state index in [1.54, 1.807) is 23.1 Å². The van der Waals surface area contributed by atoms with Crippen molar-refractivity contribution in [3.63, 3.8) is 0 Å². The molecule has 0 saturated heterocycles. The lowest BCUT2D eigenvalue weighted by molar-refractivity contribution is -0.141. The van der Waals surface area contributed by atoms with Gasteiger partial charge in [0.15, 0.2) is 0 Å². The summed E-state index contributed by atoms with van der Waals surface area (Å²) in [7, 11) is 0. The van der Waals surface area contributed by atoms with Gasteiger partial charge in [0.25, 0.3) is 0 Å². The molecule has 29 heavy (non-hydrogen) atoms. The molecule has 0 saturated carbocycles. The van der Waals surface area contributed by atoms with Gasteiger partial charge >= 0.3 is 0 Å². The number of carbonyl (C=O) groups excluding carboxylic acids is 2. The van der Waals surface area contributed by atoms with Gasteiger partial charge < -0.3 is 10.2 Å². The standard InChI is InChI=1S/C23H28Cl2N2O2/c1-5-20(22(29)26-23(2,3)4)27(15-17-8-6-7-9-19(17)25)21(28)14-16-10-12-18(24)13-11-16/h6-13,20H,5,14-15H2,1-4H3,(H,26,29)/t20-/m1/s1. The molecule has 0 bridgehead atoms. The number of halogens is 2. The van der Waals surface area contributed by atoms with Gasteiger partial charge in [-0.15, -0.1) is 0 Å². The summed E-state index contributed by atoms with van der Waals surface area (Å²) in [6.07, 6.45) is 0.680. The number of benzene rings is 2. The highest BCUT2D eigenvalue weighted by atomic mass is 35.5. The second-order valence-corrected chi connectivity index (χ2v) is 8.92. The Labute approximate surface area is 183 Å². The van der Waals surface area contributed by atoms with Crippen LogP contribution in [0, 0.1) is 0 Å². The SMILES string of the molecule is CC[C@H](C(=O)NC(C)(C)C)N(Cc1ccccc1Cl)C(=O)Cc1ccc(Cl)cc1. The molecule has 1 N–H and O–H groups in total. The number of nitrogens with zero attached hydrogens (tertiary/aromatic N) is 1. The van der Waals surface area contributed by atoms with Crippen LogP contribution in [0.5, 0.6) is 0 Å². The molecule has 156 valence electrons. The van der Waals surface area contributed by atoms with Gasteiger partial charge in [-0.3, -0.25) is 9.59 Å². The van der Waals surface area contributed by atoms with Gasteiger partial charge in [-0.25, -0.2) is 0 Å². The van der Waals surface area contributed by atoms with Crippen molar-refractivity contribution in [2.24, 2.45) is 0 Å². The van der Waals surface area contributed by atoms with Crippen molar-refractivity contribution in [3.05, 3.63) is 69.7 Å². The van der Waals surface area contributed by atoms with Gasteiger partial charge in [0.05, 0.1) is 6.42 Å². The van der Waals surface area contributed by atoms with Crippen LogP contribution in [-0.2, 0) is 22.6 Å². The van der Waals surface area contributed by atoms with Gasteiger partial charge in [0.1, 0.15) is 6.04 Å². The van der Waals surface area contributed by atoms with E-state index in [1.165, 1.54) is 0 Å². The van der Waals surface area contributed by atoms with Crippen molar-refractivity contribution >= 4 is 35.0 Å². The minimum atomic E-state index is -0.592. The maximum absolute atomic E-state index is 13.3. The zero-order chi connectivity index (χ0) is 21.6. The summed E-state index contributed by atoms with van der Waals surface area (Å²) in [4.78, 5) is 27.8. The third-order valence-electron chi connectivity index (χ3n) is 4.45. The number of carbonyl (C=O) groups is 2. The lowest BCUT2D eigenvalue weighted by atomic mass is 10.0. The second-order valence-electron chi connectivity index (χ2n) is 8.08. The number of hydrogen-bond donors (Lipinski definition) is 1. The van der Waals surface area contributed by atoms with Crippen LogP contribution in [0.1, 0.15) is 45.2 Å². The smallest absolute Gasteiger partial charge is 0.243 e. The molecule has 0 radical (unpaired) electrons. The maximum Gasteiger partial charge on any atom is 0.243 e. The van der Waals surface area contributed by atoms with E-state index >= 15 is 0 Å². The molecular formula is C23H28Cl2N2O2. The summed E-state index contributed by atoms with van der Waals surface area (Å²) in [6.45, 7) is 7.94. The molecule has 2 amide bonds. The Hall–Kier alpha value is -2.04. The van der Waals surface area contributed by atoms with Crippen LogP contribution < -0.4 is 5.32 Å². The molecule has 6 heteroatoms. The molecule has 0 aliphatic rings. The Balaban J connectivity index is 2.32. The van der Waals surface area contributed by atoms with Gasteiger partial charge in [0.2, 0.25) is 11.8 Å². The molecule has 0 heterocycles. The fourth-order valence-electron chi connectivity index (χ4n) is 3.06. The van der Waals surface area contributed by atoms with Crippen LogP contribution in [0.4, 0.5) is 0 Å². The highest BCUT2D eigenvalue weighted by molar-refractivity contribution is 6.31. The summed E-state index contributed by atoms with van der Waals surface area (Å²) < 4.78 is 0. The molecule has 0 aliphatic carbocycles. The number of amides is 2. The first-order valence-corrected chi connectivity index (χ1v) is 10.5. The number of nitrogens with one attached hydrogen (secondary N) is 1. The van der Waals surface area contributed by atoms with Crippen molar-refractivity contribution in [1.29, 1.82) is 0 Å². The zero-order valence-corrected chi connectivity index (χ0v) is 18.8. The Bertz CT molecular complexity index is 845. The van der Waals surface area contributed by atoms with Gasteiger partial charge in [-0.05, 0) is 56.5 Å². The molecule has 4 nitrogen and oxygen atoms in total. The van der Waals surface area contributed by atoms with Crippen LogP contribution in [0.15, 0.2) is 48.5 Å².